The SMILES string of the molecule is CC(C)OCCCNC(=O)c1cn(C)c2ccc(S(=O)(=O)N3CCCCC3)cc2c1=O. The van der Waals surface area contributed by atoms with Crippen molar-refractivity contribution in [2.45, 2.75) is 50.5 Å². The highest BCUT2D eigenvalue weighted by atomic mass is 32.2. The van der Waals surface area contributed by atoms with Crippen LogP contribution in [0.4, 0.5) is 0 Å². The van der Waals surface area contributed by atoms with Gasteiger partial charge in [0.25, 0.3) is 5.91 Å². The first-order chi connectivity index (χ1) is 14.7. The number of sulfonamides is 1. The van der Waals surface area contributed by atoms with Crippen molar-refractivity contribution in [2.24, 2.45) is 7.05 Å². The Balaban J connectivity index is 1.87. The van der Waals surface area contributed by atoms with Crippen molar-refractivity contribution in [2.75, 3.05) is 26.2 Å². The molecule has 1 aliphatic rings. The van der Waals surface area contributed by atoms with E-state index in [1.54, 1.807) is 17.7 Å². The van der Waals surface area contributed by atoms with Gasteiger partial charge in [0.1, 0.15) is 5.56 Å². The number of carbonyl (C=O) groups excluding carboxylic acids is 1. The van der Waals surface area contributed by atoms with Crippen LogP contribution in [0.3, 0.4) is 0 Å². The summed E-state index contributed by atoms with van der Waals surface area (Å²) in [5, 5.41) is 2.96. The highest BCUT2D eigenvalue weighted by Gasteiger charge is 2.26. The van der Waals surface area contributed by atoms with Gasteiger partial charge >= 0.3 is 0 Å². The number of ether oxygens (including phenoxy) is 1. The topological polar surface area (TPSA) is 97.7 Å². The molecule has 0 bridgehead atoms. The Bertz CT molecular complexity index is 1100. The fraction of sp³-hybridized carbons (Fsp3) is 0.545. The van der Waals surface area contributed by atoms with E-state index >= 15 is 0 Å². The molecule has 3 rings (SSSR count). The molecular weight excluding hydrogens is 418 g/mol. The van der Waals surface area contributed by atoms with E-state index in [2.05, 4.69) is 5.32 Å². The van der Waals surface area contributed by atoms with E-state index in [0.29, 0.717) is 38.2 Å². The molecule has 170 valence electrons. The van der Waals surface area contributed by atoms with Gasteiger partial charge in [0.15, 0.2) is 0 Å². The smallest absolute Gasteiger partial charge is 0.256 e. The zero-order valence-electron chi connectivity index (χ0n) is 18.4. The lowest BCUT2D eigenvalue weighted by atomic mass is 10.1. The molecule has 0 spiro atoms. The number of nitrogens with zero attached hydrogens (tertiary/aromatic N) is 2. The standard InChI is InChI=1S/C22H31N3O5S/c1-16(2)30-13-7-10-23-22(27)19-15-24(3)20-9-8-17(14-18(20)21(19)26)31(28,29)25-11-5-4-6-12-25/h8-9,14-16H,4-7,10-13H2,1-3H3,(H,23,27). The first-order valence-corrected chi connectivity index (χ1v) is 12.2. The minimum absolute atomic E-state index is 0.00713. The van der Waals surface area contributed by atoms with Gasteiger partial charge in [-0.2, -0.15) is 4.31 Å². The van der Waals surface area contributed by atoms with Gasteiger partial charge in [-0.15, -0.1) is 0 Å². The van der Waals surface area contributed by atoms with Crippen LogP contribution < -0.4 is 10.7 Å². The number of carbonyl (C=O) groups is 1. The van der Waals surface area contributed by atoms with Gasteiger partial charge in [-0.1, -0.05) is 6.42 Å². The molecule has 1 saturated heterocycles. The normalized spacial score (nSPS) is 15.5. The lowest BCUT2D eigenvalue weighted by Gasteiger charge is -2.26. The molecule has 2 aromatic rings. The third-order valence-corrected chi connectivity index (χ3v) is 7.31. The van der Waals surface area contributed by atoms with Gasteiger partial charge in [0.2, 0.25) is 15.5 Å². The van der Waals surface area contributed by atoms with Crippen LogP contribution in [-0.2, 0) is 21.8 Å². The zero-order valence-corrected chi connectivity index (χ0v) is 19.2. The number of aromatic nitrogens is 1. The van der Waals surface area contributed by atoms with Gasteiger partial charge in [-0.25, -0.2) is 8.42 Å². The fourth-order valence-electron chi connectivity index (χ4n) is 3.74. The summed E-state index contributed by atoms with van der Waals surface area (Å²) in [5.74, 6) is -0.476. The molecule has 1 fully saturated rings. The highest BCUT2D eigenvalue weighted by molar-refractivity contribution is 7.89. The van der Waals surface area contributed by atoms with E-state index in [-0.39, 0.29) is 21.9 Å². The minimum Gasteiger partial charge on any atom is -0.379 e. The maximum Gasteiger partial charge on any atom is 0.256 e. The summed E-state index contributed by atoms with van der Waals surface area (Å²) in [6.07, 6.45) is 4.94. The third-order valence-electron chi connectivity index (χ3n) is 5.42. The molecule has 0 saturated carbocycles. The van der Waals surface area contributed by atoms with Crippen molar-refractivity contribution in [1.29, 1.82) is 0 Å². The molecule has 2 heterocycles. The van der Waals surface area contributed by atoms with Crippen LogP contribution >= 0.6 is 0 Å². The van der Waals surface area contributed by atoms with Crippen molar-refractivity contribution in [3.8, 4) is 0 Å². The molecule has 0 atom stereocenters. The lowest BCUT2D eigenvalue weighted by Crippen LogP contribution is -2.35. The number of piperidine rings is 1. The molecule has 8 nitrogen and oxygen atoms in total. The van der Waals surface area contributed by atoms with Crippen LogP contribution in [0.1, 0.15) is 49.9 Å². The summed E-state index contributed by atoms with van der Waals surface area (Å²) in [6, 6.07) is 4.55. The quantitative estimate of drug-likeness (QED) is 0.624. The molecule has 1 aromatic heterocycles. The molecule has 0 aliphatic carbocycles. The summed E-state index contributed by atoms with van der Waals surface area (Å²) in [4.78, 5) is 25.7. The van der Waals surface area contributed by atoms with Crippen molar-refractivity contribution in [3.63, 3.8) is 0 Å². The third kappa shape index (κ3) is 5.34. The molecule has 0 radical (unpaired) electrons. The summed E-state index contributed by atoms with van der Waals surface area (Å²) in [7, 11) is -1.94. The molecule has 1 N–H and O–H groups in total. The zero-order chi connectivity index (χ0) is 22.6. The molecular formula is C22H31N3O5S. The van der Waals surface area contributed by atoms with Gasteiger partial charge in [-0.3, -0.25) is 9.59 Å². The number of fused-ring (bicyclic) bond motifs is 1. The number of hydrogen-bond acceptors (Lipinski definition) is 5. The summed E-state index contributed by atoms with van der Waals surface area (Å²) in [5.41, 5.74) is 0.0940. The van der Waals surface area contributed by atoms with Crippen LogP contribution in [0, 0.1) is 0 Å². The first-order valence-electron chi connectivity index (χ1n) is 10.7. The Morgan fingerprint density at radius 3 is 2.58 bits per heavy atom. The summed E-state index contributed by atoms with van der Waals surface area (Å²) >= 11 is 0. The Morgan fingerprint density at radius 2 is 1.90 bits per heavy atom. The second-order valence-corrected chi connectivity index (χ2v) is 10.1. The van der Waals surface area contributed by atoms with Crippen molar-refractivity contribution in [1.82, 2.24) is 14.2 Å². The second kappa shape index (κ2) is 9.93. The number of hydrogen-bond donors (Lipinski definition) is 1. The first kappa shape index (κ1) is 23.4. The Hall–Kier alpha value is -2.23. The predicted octanol–water partition coefficient (Wildman–Crippen LogP) is 2.26. The molecule has 9 heteroatoms. The molecule has 1 aliphatic heterocycles. The monoisotopic (exact) mass is 449 g/mol. The van der Waals surface area contributed by atoms with Crippen LogP contribution in [0.25, 0.3) is 10.9 Å². The molecule has 31 heavy (non-hydrogen) atoms. The molecule has 0 unspecified atom stereocenters. The lowest BCUT2D eigenvalue weighted by molar-refractivity contribution is 0.0757. The average molecular weight is 450 g/mol. The maximum absolute atomic E-state index is 13.0. The second-order valence-electron chi connectivity index (χ2n) is 8.16. The number of amides is 1. The van der Waals surface area contributed by atoms with Crippen molar-refractivity contribution < 1.29 is 17.9 Å². The number of aryl methyl sites for hydroxylation is 1. The minimum atomic E-state index is -3.67. The number of nitrogens with one attached hydrogen (secondary N) is 1. The van der Waals surface area contributed by atoms with E-state index in [9.17, 15) is 18.0 Å². The van der Waals surface area contributed by atoms with Gasteiger partial charge in [0.05, 0.1) is 16.5 Å². The van der Waals surface area contributed by atoms with Crippen LogP contribution in [-0.4, -0.2) is 55.5 Å². The van der Waals surface area contributed by atoms with E-state index in [0.717, 1.165) is 19.3 Å². The number of rotatable bonds is 8. The van der Waals surface area contributed by atoms with Gasteiger partial charge in [-0.05, 0) is 51.3 Å². The number of benzene rings is 1. The van der Waals surface area contributed by atoms with Crippen LogP contribution in [0.15, 0.2) is 34.1 Å². The van der Waals surface area contributed by atoms with Gasteiger partial charge in [0, 0.05) is 44.9 Å². The molecule has 1 amide bonds. The Morgan fingerprint density at radius 1 is 1.19 bits per heavy atom. The average Bonchev–Trinajstić information content (AvgIpc) is 2.75. The van der Waals surface area contributed by atoms with Crippen LogP contribution in [0.5, 0.6) is 0 Å². The maximum atomic E-state index is 13.0. The largest absolute Gasteiger partial charge is 0.379 e. The summed E-state index contributed by atoms with van der Waals surface area (Å²) in [6.45, 7) is 5.76. The van der Waals surface area contributed by atoms with E-state index < -0.39 is 21.4 Å². The van der Waals surface area contributed by atoms with E-state index in [4.69, 9.17) is 4.74 Å². The van der Waals surface area contributed by atoms with E-state index in [1.807, 2.05) is 13.8 Å². The van der Waals surface area contributed by atoms with E-state index in [1.165, 1.54) is 22.6 Å². The molecule has 1 aromatic carbocycles. The predicted molar refractivity (Wildman–Crippen MR) is 120 cm³/mol. The van der Waals surface area contributed by atoms with Gasteiger partial charge < -0.3 is 14.6 Å². The van der Waals surface area contributed by atoms with Crippen molar-refractivity contribution in [3.05, 3.63) is 40.2 Å². The summed E-state index contributed by atoms with van der Waals surface area (Å²) < 4.78 is 34.6. The highest BCUT2D eigenvalue weighted by Crippen LogP contribution is 2.23. The number of pyridine rings is 1. The van der Waals surface area contributed by atoms with Crippen molar-refractivity contribution >= 4 is 26.8 Å². The fourth-order valence-corrected chi connectivity index (χ4v) is 5.28. The van der Waals surface area contributed by atoms with Crippen LogP contribution in [0.2, 0.25) is 0 Å². The Kier molecular flexibility index (Phi) is 7.51. The Labute approximate surface area is 183 Å².